The molecule has 1 unspecified atom stereocenters. The van der Waals surface area contributed by atoms with Gasteiger partial charge in [0.1, 0.15) is 5.75 Å². The van der Waals surface area contributed by atoms with Crippen LogP contribution in [0.4, 0.5) is 0 Å². The Kier molecular flexibility index (Phi) is 5.91. The molecule has 17 heavy (non-hydrogen) atoms. The van der Waals surface area contributed by atoms with Gasteiger partial charge in [-0.15, -0.1) is 11.8 Å². The smallest absolute Gasteiger partial charge is 0.313 e. The zero-order valence-corrected chi connectivity index (χ0v) is 11.0. The molecule has 0 aliphatic heterocycles. The Balaban J connectivity index is 2.76. The lowest BCUT2D eigenvalue weighted by atomic mass is 10.1. The molecule has 0 saturated heterocycles. The lowest BCUT2D eigenvalue weighted by molar-refractivity contribution is -0.133. The van der Waals surface area contributed by atoms with Crippen LogP contribution in [0, 0.1) is 0 Å². The number of hydrogen-bond acceptors (Lipinski definition) is 3. The Morgan fingerprint density at radius 3 is 2.88 bits per heavy atom. The molecule has 0 saturated carbocycles. The normalized spacial score (nSPS) is 12.1. The van der Waals surface area contributed by atoms with Crippen LogP contribution in [0.2, 0.25) is 0 Å². The highest BCUT2D eigenvalue weighted by Crippen LogP contribution is 2.34. The van der Waals surface area contributed by atoms with E-state index in [0.29, 0.717) is 0 Å². The number of rotatable bonds is 7. The van der Waals surface area contributed by atoms with Gasteiger partial charge < -0.3 is 9.84 Å². The minimum atomic E-state index is -0.765. The predicted octanol–water partition coefficient (Wildman–Crippen LogP) is 3.35. The summed E-state index contributed by atoms with van der Waals surface area (Å²) in [5.74, 6) is 0.195. The molecule has 0 aliphatic carbocycles. The van der Waals surface area contributed by atoms with Gasteiger partial charge in [0.05, 0.1) is 12.9 Å². The Bertz CT molecular complexity index is 365. The van der Waals surface area contributed by atoms with Crippen molar-refractivity contribution in [1.29, 1.82) is 0 Å². The molecule has 0 aromatic heterocycles. The number of carbonyl (C=O) groups is 1. The first-order valence-electron chi connectivity index (χ1n) is 5.64. The van der Waals surface area contributed by atoms with Crippen molar-refractivity contribution in [2.75, 3.05) is 12.9 Å². The first kappa shape index (κ1) is 13.9. The summed E-state index contributed by atoms with van der Waals surface area (Å²) in [6.07, 6.45) is 2.01. The second kappa shape index (κ2) is 7.22. The maximum absolute atomic E-state index is 10.6. The molecule has 0 amide bonds. The second-order valence-electron chi connectivity index (χ2n) is 3.76. The highest BCUT2D eigenvalue weighted by atomic mass is 32.2. The summed E-state index contributed by atoms with van der Waals surface area (Å²) in [4.78, 5) is 10.6. The second-order valence-corrected chi connectivity index (χ2v) is 4.95. The van der Waals surface area contributed by atoms with E-state index in [1.165, 1.54) is 11.8 Å². The van der Waals surface area contributed by atoms with Gasteiger partial charge in [-0.05, 0) is 24.1 Å². The Hall–Kier alpha value is -1.16. The molecule has 0 fully saturated rings. The summed E-state index contributed by atoms with van der Waals surface area (Å²) >= 11 is 1.47. The third-order valence-electron chi connectivity index (χ3n) is 2.42. The first-order chi connectivity index (χ1) is 8.17. The van der Waals surface area contributed by atoms with E-state index < -0.39 is 5.97 Å². The maximum atomic E-state index is 10.6. The van der Waals surface area contributed by atoms with Gasteiger partial charge in [0.2, 0.25) is 0 Å². The van der Waals surface area contributed by atoms with Crippen LogP contribution in [0.5, 0.6) is 5.75 Å². The molecule has 0 spiro atoms. The number of hydrogen-bond donors (Lipinski definition) is 1. The van der Waals surface area contributed by atoms with E-state index in [1.807, 2.05) is 24.3 Å². The lowest BCUT2D eigenvalue weighted by Gasteiger charge is -2.16. The van der Waals surface area contributed by atoms with E-state index >= 15 is 0 Å². The maximum Gasteiger partial charge on any atom is 0.313 e. The summed E-state index contributed by atoms with van der Waals surface area (Å²) < 4.78 is 5.18. The number of carboxylic acid groups (broad SMARTS) is 1. The summed E-state index contributed by atoms with van der Waals surface area (Å²) in [5.41, 5.74) is 1.14. The highest BCUT2D eigenvalue weighted by molar-refractivity contribution is 8.00. The van der Waals surface area contributed by atoms with Crippen molar-refractivity contribution < 1.29 is 14.6 Å². The molecule has 4 heteroatoms. The van der Waals surface area contributed by atoms with Gasteiger partial charge in [0.25, 0.3) is 0 Å². The molecule has 1 atom stereocenters. The van der Waals surface area contributed by atoms with Crippen LogP contribution in [0.3, 0.4) is 0 Å². The number of thioether (sulfide) groups is 1. The SMILES string of the molecule is CCCC(SCC(=O)O)c1cccc(OC)c1. The molecule has 0 radical (unpaired) electrons. The van der Waals surface area contributed by atoms with Crippen LogP contribution in [-0.2, 0) is 4.79 Å². The van der Waals surface area contributed by atoms with E-state index in [0.717, 1.165) is 24.2 Å². The van der Waals surface area contributed by atoms with Gasteiger partial charge in [0, 0.05) is 5.25 Å². The molecule has 0 aliphatic rings. The van der Waals surface area contributed by atoms with Gasteiger partial charge >= 0.3 is 5.97 Å². The summed E-state index contributed by atoms with van der Waals surface area (Å²) in [6.45, 7) is 2.11. The van der Waals surface area contributed by atoms with Crippen molar-refractivity contribution in [1.82, 2.24) is 0 Å². The van der Waals surface area contributed by atoms with Gasteiger partial charge in [-0.1, -0.05) is 25.5 Å². The molecular formula is C13H18O3S. The van der Waals surface area contributed by atoms with Crippen LogP contribution in [0.15, 0.2) is 24.3 Å². The quantitative estimate of drug-likeness (QED) is 0.810. The van der Waals surface area contributed by atoms with E-state index in [4.69, 9.17) is 9.84 Å². The fourth-order valence-electron chi connectivity index (χ4n) is 1.62. The van der Waals surface area contributed by atoms with Crippen LogP contribution in [-0.4, -0.2) is 23.9 Å². The van der Waals surface area contributed by atoms with Crippen molar-refractivity contribution in [2.24, 2.45) is 0 Å². The molecular weight excluding hydrogens is 236 g/mol. The van der Waals surface area contributed by atoms with E-state index in [-0.39, 0.29) is 11.0 Å². The fraction of sp³-hybridized carbons (Fsp3) is 0.462. The van der Waals surface area contributed by atoms with E-state index in [1.54, 1.807) is 7.11 Å². The van der Waals surface area contributed by atoms with Crippen molar-refractivity contribution >= 4 is 17.7 Å². The third-order valence-corrected chi connectivity index (χ3v) is 3.75. The van der Waals surface area contributed by atoms with E-state index in [9.17, 15) is 4.79 Å². The lowest BCUT2D eigenvalue weighted by Crippen LogP contribution is -2.03. The average Bonchev–Trinajstić information content (AvgIpc) is 2.34. The fourth-order valence-corrected chi connectivity index (χ4v) is 2.71. The molecule has 0 heterocycles. The summed E-state index contributed by atoms with van der Waals surface area (Å²) in [6, 6.07) is 7.85. The molecule has 1 aromatic rings. The average molecular weight is 254 g/mol. The monoisotopic (exact) mass is 254 g/mol. The van der Waals surface area contributed by atoms with Crippen molar-refractivity contribution in [3.05, 3.63) is 29.8 Å². The van der Waals surface area contributed by atoms with Gasteiger partial charge in [-0.2, -0.15) is 0 Å². The largest absolute Gasteiger partial charge is 0.497 e. The molecule has 1 N–H and O–H groups in total. The number of methoxy groups -OCH3 is 1. The molecule has 94 valence electrons. The number of aliphatic carboxylic acids is 1. The minimum absolute atomic E-state index is 0.141. The molecule has 1 aromatic carbocycles. The minimum Gasteiger partial charge on any atom is -0.497 e. The van der Waals surface area contributed by atoms with Crippen molar-refractivity contribution in [3.63, 3.8) is 0 Å². The number of carboxylic acids is 1. The highest BCUT2D eigenvalue weighted by Gasteiger charge is 2.13. The summed E-state index contributed by atoms with van der Waals surface area (Å²) in [7, 11) is 1.64. The standard InChI is InChI=1S/C13H18O3S/c1-3-5-12(17-9-13(14)15)10-6-4-7-11(8-10)16-2/h4,6-8,12H,3,5,9H2,1-2H3,(H,14,15). The van der Waals surface area contributed by atoms with Gasteiger partial charge in [-0.3, -0.25) is 4.79 Å². The summed E-state index contributed by atoms with van der Waals surface area (Å²) in [5, 5.41) is 8.96. The van der Waals surface area contributed by atoms with Crippen molar-refractivity contribution in [3.8, 4) is 5.75 Å². The zero-order valence-electron chi connectivity index (χ0n) is 10.2. The molecule has 1 rings (SSSR count). The Morgan fingerprint density at radius 1 is 1.53 bits per heavy atom. The van der Waals surface area contributed by atoms with Crippen LogP contribution in [0.1, 0.15) is 30.6 Å². The zero-order chi connectivity index (χ0) is 12.7. The van der Waals surface area contributed by atoms with Crippen molar-refractivity contribution in [2.45, 2.75) is 25.0 Å². The Morgan fingerprint density at radius 2 is 2.29 bits per heavy atom. The predicted molar refractivity (Wildman–Crippen MR) is 70.7 cm³/mol. The van der Waals surface area contributed by atoms with Crippen LogP contribution < -0.4 is 4.74 Å². The van der Waals surface area contributed by atoms with Crippen LogP contribution in [0.25, 0.3) is 0 Å². The van der Waals surface area contributed by atoms with Crippen LogP contribution >= 0.6 is 11.8 Å². The number of ether oxygens (including phenoxy) is 1. The topological polar surface area (TPSA) is 46.5 Å². The van der Waals surface area contributed by atoms with E-state index in [2.05, 4.69) is 6.92 Å². The molecule has 3 nitrogen and oxygen atoms in total. The number of benzene rings is 1. The third kappa shape index (κ3) is 4.69. The molecule has 0 bridgehead atoms. The van der Waals surface area contributed by atoms with Gasteiger partial charge in [-0.25, -0.2) is 0 Å². The first-order valence-corrected chi connectivity index (χ1v) is 6.69. The Labute approximate surface area is 106 Å². The van der Waals surface area contributed by atoms with Gasteiger partial charge in [0.15, 0.2) is 0 Å².